The van der Waals surface area contributed by atoms with Crippen molar-refractivity contribution >= 4 is 17.6 Å². The number of carbonyl (C=O) groups is 3. The number of nitrogens with one attached hydrogen (secondary N) is 1. The standard InChI is InChI=1S/C21H24N4O4/c1-2-3-16(21(28)25-10-8-18-19(25)17(26)12-29-18)23-20(27)14-4-6-15(7-5-14)24-11-9-22-13-24/h4-7,9,11,13,16,18-19H,2-3,8,10,12H2,1H3,(H,23,27). The van der Waals surface area contributed by atoms with Crippen LogP contribution in [0.15, 0.2) is 43.0 Å². The summed E-state index contributed by atoms with van der Waals surface area (Å²) in [6.45, 7) is 2.51. The van der Waals surface area contributed by atoms with Crippen LogP contribution in [0.2, 0.25) is 0 Å². The second kappa shape index (κ2) is 8.16. The first-order valence-corrected chi connectivity index (χ1v) is 9.92. The summed E-state index contributed by atoms with van der Waals surface area (Å²) in [6, 6.07) is 5.93. The van der Waals surface area contributed by atoms with E-state index >= 15 is 0 Å². The summed E-state index contributed by atoms with van der Waals surface area (Å²) in [5.41, 5.74) is 1.37. The van der Waals surface area contributed by atoms with E-state index in [1.807, 2.05) is 29.8 Å². The average molecular weight is 396 g/mol. The summed E-state index contributed by atoms with van der Waals surface area (Å²) in [6.07, 6.45) is 6.89. The number of hydrogen-bond acceptors (Lipinski definition) is 5. The van der Waals surface area contributed by atoms with E-state index in [1.165, 1.54) is 0 Å². The number of likely N-dealkylation sites (tertiary alicyclic amines) is 1. The van der Waals surface area contributed by atoms with E-state index in [2.05, 4.69) is 10.3 Å². The van der Waals surface area contributed by atoms with Crippen molar-refractivity contribution in [2.75, 3.05) is 13.2 Å². The third-order valence-electron chi connectivity index (χ3n) is 5.51. The van der Waals surface area contributed by atoms with Gasteiger partial charge in [-0.25, -0.2) is 4.98 Å². The number of benzene rings is 1. The molecule has 4 rings (SSSR count). The lowest BCUT2D eigenvalue weighted by Crippen LogP contribution is -2.52. The smallest absolute Gasteiger partial charge is 0.251 e. The Morgan fingerprint density at radius 1 is 1.31 bits per heavy atom. The Morgan fingerprint density at radius 3 is 2.79 bits per heavy atom. The number of fused-ring (bicyclic) bond motifs is 1. The molecule has 1 aromatic carbocycles. The number of ketones is 1. The average Bonchev–Trinajstić information content (AvgIpc) is 3.47. The highest BCUT2D eigenvalue weighted by Crippen LogP contribution is 2.28. The molecule has 3 atom stereocenters. The zero-order valence-corrected chi connectivity index (χ0v) is 16.3. The number of nitrogens with zero attached hydrogens (tertiary/aromatic N) is 3. The van der Waals surface area contributed by atoms with Gasteiger partial charge in [0.15, 0.2) is 5.78 Å². The fraction of sp³-hybridized carbons (Fsp3) is 0.429. The van der Waals surface area contributed by atoms with E-state index in [-0.39, 0.29) is 30.3 Å². The highest BCUT2D eigenvalue weighted by molar-refractivity contribution is 5.99. The molecule has 2 fully saturated rings. The number of Topliss-reactive ketones (excluding diaryl/α,β-unsaturated/α-hetero) is 1. The Hall–Kier alpha value is -3.00. The van der Waals surface area contributed by atoms with Crippen LogP contribution < -0.4 is 5.32 Å². The van der Waals surface area contributed by atoms with Gasteiger partial charge in [-0.2, -0.15) is 0 Å². The molecule has 2 aliphatic rings. The normalized spacial score (nSPS) is 21.8. The van der Waals surface area contributed by atoms with E-state index in [1.54, 1.807) is 29.6 Å². The topological polar surface area (TPSA) is 93.5 Å². The van der Waals surface area contributed by atoms with E-state index in [9.17, 15) is 14.4 Å². The number of amides is 2. The van der Waals surface area contributed by atoms with Crippen molar-refractivity contribution < 1.29 is 19.1 Å². The molecule has 152 valence electrons. The number of imidazole rings is 1. The lowest BCUT2D eigenvalue weighted by molar-refractivity contribution is -0.138. The molecule has 1 aromatic heterocycles. The van der Waals surface area contributed by atoms with E-state index < -0.39 is 12.1 Å². The van der Waals surface area contributed by atoms with Gasteiger partial charge in [0.2, 0.25) is 5.91 Å². The van der Waals surface area contributed by atoms with Crippen molar-refractivity contribution in [1.29, 1.82) is 0 Å². The summed E-state index contributed by atoms with van der Waals surface area (Å²) in [5, 5.41) is 2.86. The largest absolute Gasteiger partial charge is 0.368 e. The van der Waals surface area contributed by atoms with Gasteiger partial charge >= 0.3 is 0 Å². The highest BCUT2D eigenvalue weighted by atomic mass is 16.5. The van der Waals surface area contributed by atoms with Crippen molar-refractivity contribution in [3.05, 3.63) is 48.5 Å². The Labute approximate surface area is 168 Å². The zero-order chi connectivity index (χ0) is 20.4. The molecule has 0 radical (unpaired) electrons. The first kappa shape index (κ1) is 19.3. The van der Waals surface area contributed by atoms with E-state index in [0.29, 0.717) is 24.9 Å². The molecule has 8 nitrogen and oxygen atoms in total. The molecule has 29 heavy (non-hydrogen) atoms. The predicted molar refractivity (Wildman–Crippen MR) is 105 cm³/mol. The molecule has 3 heterocycles. The monoisotopic (exact) mass is 396 g/mol. The number of carbonyl (C=O) groups excluding carboxylic acids is 3. The maximum Gasteiger partial charge on any atom is 0.251 e. The minimum absolute atomic E-state index is 0.0579. The molecule has 1 N–H and O–H groups in total. The fourth-order valence-electron chi connectivity index (χ4n) is 4.03. The molecule has 0 saturated carbocycles. The van der Waals surface area contributed by atoms with Crippen LogP contribution in [0, 0.1) is 0 Å². The molecule has 2 amide bonds. The first-order chi connectivity index (χ1) is 14.1. The summed E-state index contributed by atoms with van der Waals surface area (Å²) in [4.78, 5) is 43.5. The summed E-state index contributed by atoms with van der Waals surface area (Å²) >= 11 is 0. The van der Waals surface area contributed by atoms with Gasteiger partial charge < -0.3 is 19.5 Å². The van der Waals surface area contributed by atoms with Gasteiger partial charge in [-0.3, -0.25) is 14.4 Å². The molecule has 2 aliphatic heterocycles. The van der Waals surface area contributed by atoms with Crippen LogP contribution in [0.3, 0.4) is 0 Å². The van der Waals surface area contributed by atoms with Gasteiger partial charge in [0.1, 0.15) is 18.7 Å². The number of aromatic nitrogens is 2. The van der Waals surface area contributed by atoms with Crippen molar-refractivity contribution in [1.82, 2.24) is 19.8 Å². The van der Waals surface area contributed by atoms with Gasteiger partial charge in [0.05, 0.1) is 12.4 Å². The summed E-state index contributed by atoms with van der Waals surface area (Å²) in [7, 11) is 0. The molecule has 2 saturated heterocycles. The van der Waals surface area contributed by atoms with Gasteiger partial charge in [-0.1, -0.05) is 13.3 Å². The molecule has 8 heteroatoms. The second-order valence-corrected chi connectivity index (χ2v) is 7.41. The van der Waals surface area contributed by atoms with Gasteiger partial charge in [-0.15, -0.1) is 0 Å². The van der Waals surface area contributed by atoms with Crippen molar-refractivity contribution in [3.8, 4) is 5.69 Å². The van der Waals surface area contributed by atoms with Crippen molar-refractivity contribution in [3.63, 3.8) is 0 Å². The highest BCUT2D eigenvalue weighted by Gasteiger charge is 2.47. The predicted octanol–water partition coefficient (Wildman–Crippen LogP) is 1.34. The molecule has 0 bridgehead atoms. The van der Waals surface area contributed by atoms with Crippen LogP contribution >= 0.6 is 0 Å². The van der Waals surface area contributed by atoms with Crippen molar-refractivity contribution in [2.45, 2.75) is 44.4 Å². The van der Waals surface area contributed by atoms with Crippen LogP contribution in [0.5, 0.6) is 0 Å². The molecule has 3 unspecified atom stereocenters. The molecule has 2 aromatic rings. The molecule has 0 aliphatic carbocycles. The van der Waals surface area contributed by atoms with Gasteiger partial charge in [0, 0.05) is 30.2 Å². The fourth-order valence-corrected chi connectivity index (χ4v) is 4.03. The van der Waals surface area contributed by atoms with Crippen LogP contribution in [0.25, 0.3) is 5.69 Å². The lowest BCUT2D eigenvalue weighted by Gasteiger charge is -2.27. The minimum atomic E-state index is -0.659. The SMILES string of the molecule is CCCC(NC(=O)c1ccc(-n2ccnc2)cc1)C(=O)N1CCC2OCC(=O)C21. The second-order valence-electron chi connectivity index (χ2n) is 7.41. The van der Waals surface area contributed by atoms with Crippen LogP contribution in [0.1, 0.15) is 36.5 Å². The molecular formula is C21H24N4O4. The Bertz CT molecular complexity index is 894. The van der Waals surface area contributed by atoms with E-state index in [0.717, 1.165) is 12.1 Å². The quantitative estimate of drug-likeness (QED) is 0.795. The number of rotatable bonds is 6. The Balaban J connectivity index is 1.45. The van der Waals surface area contributed by atoms with Crippen LogP contribution in [-0.2, 0) is 14.3 Å². The van der Waals surface area contributed by atoms with Gasteiger partial charge in [-0.05, 0) is 37.1 Å². The summed E-state index contributed by atoms with van der Waals surface area (Å²) in [5.74, 6) is -0.571. The van der Waals surface area contributed by atoms with Gasteiger partial charge in [0.25, 0.3) is 5.91 Å². The van der Waals surface area contributed by atoms with Crippen molar-refractivity contribution in [2.24, 2.45) is 0 Å². The lowest BCUT2D eigenvalue weighted by atomic mass is 10.1. The maximum atomic E-state index is 13.1. The summed E-state index contributed by atoms with van der Waals surface area (Å²) < 4.78 is 7.31. The van der Waals surface area contributed by atoms with Crippen LogP contribution in [0.4, 0.5) is 0 Å². The number of hydrogen-bond donors (Lipinski definition) is 1. The third-order valence-corrected chi connectivity index (χ3v) is 5.51. The third kappa shape index (κ3) is 3.80. The number of ether oxygens (including phenoxy) is 1. The first-order valence-electron chi connectivity index (χ1n) is 9.92. The Morgan fingerprint density at radius 2 is 2.10 bits per heavy atom. The van der Waals surface area contributed by atoms with Crippen LogP contribution in [-0.4, -0.2) is 63.4 Å². The van der Waals surface area contributed by atoms with E-state index in [4.69, 9.17) is 4.74 Å². The molecule has 0 spiro atoms. The molecular weight excluding hydrogens is 372 g/mol. The maximum absolute atomic E-state index is 13.1. The Kier molecular flexibility index (Phi) is 5.44. The zero-order valence-electron chi connectivity index (χ0n) is 16.3. The minimum Gasteiger partial charge on any atom is -0.368 e.